The van der Waals surface area contributed by atoms with Gasteiger partial charge in [-0.25, -0.2) is 0 Å². The van der Waals surface area contributed by atoms with E-state index in [9.17, 15) is 53.4 Å². The summed E-state index contributed by atoms with van der Waals surface area (Å²) in [5.41, 5.74) is 15.8. The highest BCUT2D eigenvalue weighted by Crippen LogP contribution is 2.18. The number of nitrogens with two attached hydrogens (primary N) is 3. The third-order valence-electron chi connectivity index (χ3n) is 8.64. The minimum absolute atomic E-state index is 0.00107. The van der Waals surface area contributed by atoms with Gasteiger partial charge in [0.2, 0.25) is 47.3 Å². The van der Waals surface area contributed by atoms with Gasteiger partial charge in [-0.3, -0.25) is 48.1 Å². The van der Waals surface area contributed by atoms with Crippen LogP contribution in [0.5, 0.6) is 0 Å². The van der Waals surface area contributed by atoms with E-state index in [-0.39, 0.29) is 43.6 Å². The molecule has 0 aromatic carbocycles. The van der Waals surface area contributed by atoms with E-state index in [2.05, 4.69) is 36.9 Å². The van der Waals surface area contributed by atoms with Gasteiger partial charge >= 0.3 is 5.97 Å². The molecule has 0 saturated carbocycles. The maximum absolute atomic E-state index is 13.7. The first-order valence-electron chi connectivity index (χ1n) is 18.4. The quantitative estimate of drug-likeness (QED) is 0.0265. The molecule has 1 aliphatic rings. The molecule has 8 amide bonds. The van der Waals surface area contributed by atoms with Crippen molar-refractivity contribution in [3.63, 3.8) is 0 Å². The zero-order chi connectivity index (χ0) is 42.9. The van der Waals surface area contributed by atoms with Crippen LogP contribution in [0, 0.1) is 11.8 Å². The van der Waals surface area contributed by atoms with Crippen LogP contribution < -0.4 is 49.1 Å². The summed E-state index contributed by atoms with van der Waals surface area (Å²) in [4.78, 5) is 120. The van der Waals surface area contributed by atoms with E-state index in [1.54, 1.807) is 27.7 Å². The fourth-order valence-corrected chi connectivity index (χ4v) is 5.81. The van der Waals surface area contributed by atoms with Crippen LogP contribution in [-0.2, 0) is 43.2 Å². The van der Waals surface area contributed by atoms with Crippen LogP contribution >= 0.6 is 0 Å². The first-order valence-corrected chi connectivity index (χ1v) is 18.4. The monoisotopic (exact) mass is 797 g/mol. The second-order valence-corrected chi connectivity index (χ2v) is 14.4. The van der Waals surface area contributed by atoms with Crippen LogP contribution in [0.25, 0.3) is 0 Å². The Kier molecular flexibility index (Phi) is 20.3. The molecule has 1 heterocycles. The van der Waals surface area contributed by atoms with Crippen LogP contribution in [-0.4, -0.2) is 136 Å². The number of amides is 8. The molecule has 0 bridgehead atoms. The van der Waals surface area contributed by atoms with E-state index in [4.69, 9.17) is 17.2 Å². The number of primary amides is 1. The third kappa shape index (κ3) is 16.9. The first-order chi connectivity index (χ1) is 26.0. The van der Waals surface area contributed by atoms with Crippen molar-refractivity contribution in [3.8, 4) is 0 Å². The number of nitrogens with zero attached hydrogens (tertiary/aromatic N) is 2. The van der Waals surface area contributed by atoms with Crippen LogP contribution in [0.2, 0.25) is 0 Å². The van der Waals surface area contributed by atoms with Crippen molar-refractivity contribution < 1.29 is 53.4 Å². The molecule has 56 heavy (non-hydrogen) atoms. The van der Waals surface area contributed by atoms with Gasteiger partial charge in [0, 0.05) is 20.0 Å². The van der Waals surface area contributed by atoms with Crippen molar-refractivity contribution in [3.05, 3.63) is 0 Å². The van der Waals surface area contributed by atoms with Crippen molar-refractivity contribution in [2.75, 3.05) is 19.6 Å². The number of guanidine groups is 1. The van der Waals surface area contributed by atoms with Crippen molar-refractivity contribution >= 4 is 59.2 Å². The van der Waals surface area contributed by atoms with Gasteiger partial charge in [-0.1, -0.05) is 27.7 Å². The number of carboxylic acids is 1. The molecular weight excluding hydrogens is 738 g/mol. The Morgan fingerprint density at radius 1 is 0.768 bits per heavy atom. The number of carbonyl (C=O) groups is 9. The lowest BCUT2D eigenvalue weighted by atomic mass is 9.99. The number of carbonyl (C=O) groups excluding carboxylic acids is 8. The zero-order valence-electron chi connectivity index (χ0n) is 32.8. The standard InChI is InChI=1S/C34H59N11O11/c1-16(2)13-21(30(53)43-26(17(3)4)32(55)40-20(9-7-11-38-34(36)37)28(51)39-15-24(35)48)41-29(52)22(14-25(49)50)42-33(56)27(18(5)46)44-31(54)23-10-8-12-45(23)19(6)47/h16-18,20-23,26-27,46H,7-15H2,1-6H3,(H2,35,48)(H,39,51)(H,40,55)(H,41,52)(H,42,56)(H,43,53)(H,44,54)(H,49,50)(H4,36,37,38)/t18-,20+,21+,22+,23+,26+,27+/m1/s1. The highest BCUT2D eigenvalue weighted by atomic mass is 16.4. The van der Waals surface area contributed by atoms with E-state index in [0.29, 0.717) is 19.4 Å². The molecule has 0 radical (unpaired) electrons. The highest BCUT2D eigenvalue weighted by molar-refractivity contribution is 5.98. The molecule has 0 aromatic heterocycles. The highest BCUT2D eigenvalue weighted by Gasteiger charge is 2.38. The molecule has 1 saturated heterocycles. The Bertz CT molecular complexity index is 1470. The molecule has 22 heteroatoms. The van der Waals surface area contributed by atoms with E-state index < -0.39 is 109 Å². The summed E-state index contributed by atoms with van der Waals surface area (Å²) in [6.45, 7) is 9.13. The third-order valence-corrected chi connectivity index (χ3v) is 8.64. The number of likely N-dealkylation sites (tertiary alicyclic amines) is 1. The molecular formula is C34H59N11O11. The summed E-state index contributed by atoms with van der Waals surface area (Å²) < 4.78 is 0. The predicted molar refractivity (Wildman–Crippen MR) is 200 cm³/mol. The molecule has 1 aliphatic heterocycles. The SMILES string of the molecule is CC(=O)N1CCC[C@H]1C(=O)N[C@H](C(=O)N[C@@H](CC(=O)O)C(=O)N[C@@H](CC(C)C)C(=O)N[C@H](C(=O)N[C@@H](CCCN=C(N)N)C(=O)NCC(N)=O)C(C)C)[C@@H](C)O. The summed E-state index contributed by atoms with van der Waals surface area (Å²) in [5.74, 6) is -8.93. The predicted octanol–water partition coefficient (Wildman–Crippen LogP) is -4.37. The number of carboxylic acid groups (broad SMARTS) is 1. The van der Waals surface area contributed by atoms with Crippen LogP contribution in [0.4, 0.5) is 0 Å². The Morgan fingerprint density at radius 3 is 1.86 bits per heavy atom. The van der Waals surface area contributed by atoms with Crippen molar-refractivity contribution in [1.29, 1.82) is 0 Å². The average molecular weight is 798 g/mol. The van der Waals surface area contributed by atoms with E-state index in [1.165, 1.54) is 18.7 Å². The van der Waals surface area contributed by atoms with Gasteiger partial charge in [-0.05, 0) is 50.9 Å². The molecule has 0 spiro atoms. The van der Waals surface area contributed by atoms with Crippen LogP contribution in [0.3, 0.4) is 0 Å². The van der Waals surface area contributed by atoms with Gasteiger partial charge in [0.25, 0.3) is 0 Å². The number of aliphatic hydroxyl groups is 1. The van der Waals surface area contributed by atoms with Crippen molar-refractivity contribution in [1.82, 2.24) is 36.8 Å². The summed E-state index contributed by atoms with van der Waals surface area (Å²) >= 11 is 0. The minimum Gasteiger partial charge on any atom is -0.481 e. The molecule has 22 nitrogen and oxygen atoms in total. The second-order valence-electron chi connectivity index (χ2n) is 14.4. The van der Waals surface area contributed by atoms with E-state index >= 15 is 0 Å². The van der Waals surface area contributed by atoms with Gasteiger partial charge in [0.1, 0.15) is 36.3 Å². The van der Waals surface area contributed by atoms with Crippen LogP contribution in [0.1, 0.15) is 80.1 Å². The molecule has 0 aliphatic carbocycles. The number of nitrogens with one attached hydrogen (secondary N) is 6. The normalized spacial score (nSPS) is 16.9. The van der Waals surface area contributed by atoms with Gasteiger partial charge in [0.05, 0.1) is 19.1 Å². The maximum atomic E-state index is 13.7. The maximum Gasteiger partial charge on any atom is 0.305 e. The van der Waals surface area contributed by atoms with Gasteiger partial charge in [-0.2, -0.15) is 0 Å². The molecule has 14 N–H and O–H groups in total. The lowest BCUT2D eigenvalue weighted by molar-refractivity contribution is -0.142. The Balaban J connectivity index is 3.23. The Morgan fingerprint density at radius 2 is 1.34 bits per heavy atom. The second kappa shape index (κ2) is 23.4. The van der Waals surface area contributed by atoms with E-state index in [0.717, 1.165) is 0 Å². The molecule has 1 rings (SSSR count). The average Bonchev–Trinajstić information content (AvgIpc) is 3.59. The Hall–Kier alpha value is -5.54. The topological polar surface area (TPSA) is 360 Å². The molecule has 0 aromatic rings. The minimum atomic E-state index is -1.79. The number of aliphatic imine (C=N–C) groups is 1. The Labute approximate surface area is 325 Å². The molecule has 7 atom stereocenters. The van der Waals surface area contributed by atoms with Crippen LogP contribution in [0.15, 0.2) is 4.99 Å². The fourth-order valence-electron chi connectivity index (χ4n) is 5.81. The lowest BCUT2D eigenvalue weighted by Gasteiger charge is -2.29. The zero-order valence-corrected chi connectivity index (χ0v) is 32.8. The van der Waals surface area contributed by atoms with Crippen molar-refractivity contribution in [2.45, 2.75) is 122 Å². The number of hydrogen-bond acceptors (Lipinski definition) is 11. The first kappa shape index (κ1) is 48.5. The molecule has 1 fully saturated rings. The number of aliphatic hydroxyl groups excluding tert-OH is 1. The summed E-state index contributed by atoms with van der Waals surface area (Å²) in [5, 5.41) is 34.5. The fraction of sp³-hybridized carbons (Fsp3) is 0.706. The van der Waals surface area contributed by atoms with Gasteiger partial charge < -0.3 is 64.2 Å². The summed E-state index contributed by atoms with van der Waals surface area (Å²) in [6.07, 6.45) is -1.33. The molecule has 316 valence electrons. The largest absolute Gasteiger partial charge is 0.481 e. The molecule has 0 unspecified atom stereocenters. The van der Waals surface area contributed by atoms with Gasteiger partial charge in [-0.15, -0.1) is 0 Å². The smallest absolute Gasteiger partial charge is 0.305 e. The summed E-state index contributed by atoms with van der Waals surface area (Å²) in [6, 6.07) is -8.14. The van der Waals surface area contributed by atoms with Crippen molar-refractivity contribution in [2.24, 2.45) is 34.0 Å². The number of rotatable bonds is 23. The lowest BCUT2D eigenvalue weighted by Crippen LogP contribution is -2.61. The number of hydrogen-bond donors (Lipinski definition) is 11. The van der Waals surface area contributed by atoms with Gasteiger partial charge in [0.15, 0.2) is 5.96 Å². The summed E-state index contributed by atoms with van der Waals surface area (Å²) in [7, 11) is 0. The number of aliphatic carboxylic acids is 1. The van der Waals surface area contributed by atoms with E-state index in [1.807, 2.05) is 0 Å².